The third-order valence-corrected chi connectivity index (χ3v) is 3.87. The highest BCUT2D eigenvalue weighted by Crippen LogP contribution is 2.22. The zero-order chi connectivity index (χ0) is 15.4. The molecule has 0 aliphatic heterocycles. The van der Waals surface area contributed by atoms with Crippen molar-refractivity contribution in [2.24, 2.45) is 10.9 Å². The quantitative estimate of drug-likeness (QED) is 0.384. The fourth-order valence-corrected chi connectivity index (χ4v) is 2.42. The topological polar surface area (TPSA) is 61.8 Å². The van der Waals surface area contributed by atoms with Gasteiger partial charge < -0.3 is 15.8 Å². The SMILES string of the molecule is CN(Cc1ccc(F)cc1Br)c1ccc(C(N)=NO)cc1. The van der Waals surface area contributed by atoms with Gasteiger partial charge in [-0.05, 0) is 42.0 Å². The van der Waals surface area contributed by atoms with Crippen LogP contribution in [0.25, 0.3) is 0 Å². The van der Waals surface area contributed by atoms with E-state index in [-0.39, 0.29) is 11.7 Å². The van der Waals surface area contributed by atoms with Crippen molar-refractivity contribution in [1.29, 1.82) is 0 Å². The molecule has 4 nitrogen and oxygen atoms in total. The van der Waals surface area contributed by atoms with Gasteiger partial charge >= 0.3 is 0 Å². The molecule has 3 N–H and O–H groups in total. The molecule has 0 bridgehead atoms. The van der Waals surface area contributed by atoms with Gasteiger partial charge in [-0.25, -0.2) is 4.39 Å². The Kier molecular flexibility index (Phi) is 4.80. The average Bonchev–Trinajstić information content (AvgIpc) is 2.49. The monoisotopic (exact) mass is 351 g/mol. The average molecular weight is 352 g/mol. The molecule has 0 saturated carbocycles. The van der Waals surface area contributed by atoms with E-state index in [0.29, 0.717) is 12.1 Å². The number of amidine groups is 1. The molecule has 0 spiro atoms. The van der Waals surface area contributed by atoms with Crippen LogP contribution in [-0.4, -0.2) is 18.1 Å². The summed E-state index contributed by atoms with van der Waals surface area (Å²) in [5.74, 6) is -0.193. The first-order chi connectivity index (χ1) is 10.0. The Bertz CT molecular complexity index is 658. The second-order valence-corrected chi connectivity index (χ2v) is 5.48. The zero-order valence-corrected chi connectivity index (χ0v) is 13.0. The van der Waals surface area contributed by atoms with Crippen molar-refractivity contribution in [1.82, 2.24) is 0 Å². The molecule has 0 amide bonds. The molecular formula is C15H15BrFN3O. The van der Waals surface area contributed by atoms with E-state index in [1.54, 1.807) is 18.2 Å². The molecule has 0 unspecified atom stereocenters. The molecule has 2 rings (SSSR count). The van der Waals surface area contributed by atoms with Crippen LogP contribution in [0.5, 0.6) is 0 Å². The number of benzene rings is 2. The predicted octanol–water partition coefficient (Wildman–Crippen LogP) is 3.32. The molecule has 2 aromatic carbocycles. The second-order valence-electron chi connectivity index (χ2n) is 4.62. The number of anilines is 1. The lowest BCUT2D eigenvalue weighted by molar-refractivity contribution is 0.318. The van der Waals surface area contributed by atoms with Gasteiger partial charge in [0.2, 0.25) is 0 Å². The van der Waals surface area contributed by atoms with Gasteiger partial charge in [0.1, 0.15) is 5.82 Å². The van der Waals surface area contributed by atoms with Crippen LogP contribution in [0.1, 0.15) is 11.1 Å². The number of nitrogens with two attached hydrogens (primary N) is 1. The summed E-state index contributed by atoms with van der Waals surface area (Å²) in [5, 5.41) is 11.6. The Morgan fingerprint density at radius 2 is 1.95 bits per heavy atom. The Balaban J connectivity index is 2.14. The number of rotatable bonds is 4. The summed E-state index contributed by atoms with van der Waals surface area (Å²) in [6, 6.07) is 12.0. The number of oxime groups is 1. The molecule has 110 valence electrons. The van der Waals surface area contributed by atoms with Crippen molar-refractivity contribution in [2.75, 3.05) is 11.9 Å². The van der Waals surface area contributed by atoms with E-state index >= 15 is 0 Å². The van der Waals surface area contributed by atoms with Crippen molar-refractivity contribution in [3.05, 3.63) is 63.9 Å². The summed E-state index contributed by atoms with van der Waals surface area (Å²) in [6.45, 7) is 0.629. The lowest BCUT2D eigenvalue weighted by atomic mass is 10.1. The largest absolute Gasteiger partial charge is 0.409 e. The van der Waals surface area contributed by atoms with Gasteiger partial charge in [0.15, 0.2) is 5.84 Å². The standard InChI is InChI=1S/C15H15BrFN3O/c1-20(9-11-2-5-12(17)8-14(11)16)13-6-3-10(4-7-13)15(18)19-21/h2-8,21H,9H2,1H3,(H2,18,19). The number of halogens is 2. The van der Waals surface area contributed by atoms with E-state index in [9.17, 15) is 4.39 Å². The van der Waals surface area contributed by atoms with Crippen LogP contribution in [0.4, 0.5) is 10.1 Å². The summed E-state index contributed by atoms with van der Waals surface area (Å²) in [6.07, 6.45) is 0. The molecule has 2 aromatic rings. The fourth-order valence-electron chi connectivity index (χ4n) is 1.94. The first kappa shape index (κ1) is 15.3. The molecule has 6 heteroatoms. The first-order valence-electron chi connectivity index (χ1n) is 6.24. The highest BCUT2D eigenvalue weighted by molar-refractivity contribution is 9.10. The summed E-state index contributed by atoms with van der Waals surface area (Å²) in [4.78, 5) is 2.02. The molecule has 21 heavy (non-hydrogen) atoms. The van der Waals surface area contributed by atoms with Crippen LogP contribution < -0.4 is 10.6 Å². The summed E-state index contributed by atoms with van der Waals surface area (Å²) >= 11 is 3.36. The molecule has 0 saturated heterocycles. The minimum absolute atomic E-state index is 0.0745. The predicted molar refractivity (Wildman–Crippen MR) is 85.2 cm³/mol. The Morgan fingerprint density at radius 1 is 1.29 bits per heavy atom. The van der Waals surface area contributed by atoms with E-state index in [1.165, 1.54) is 12.1 Å². The number of hydrogen-bond acceptors (Lipinski definition) is 3. The van der Waals surface area contributed by atoms with Crippen LogP contribution in [0.2, 0.25) is 0 Å². The summed E-state index contributed by atoms with van der Waals surface area (Å²) in [5.41, 5.74) is 8.13. The van der Waals surface area contributed by atoms with Crippen LogP contribution >= 0.6 is 15.9 Å². The maximum Gasteiger partial charge on any atom is 0.170 e. The maximum absolute atomic E-state index is 13.1. The van der Waals surface area contributed by atoms with Crippen LogP contribution in [0, 0.1) is 5.82 Å². The van der Waals surface area contributed by atoms with E-state index < -0.39 is 0 Å². The lowest BCUT2D eigenvalue weighted by Crippen LogP contribution is -2.17. The Labute approximate surface area is 130 Å². The van der Waals surface area contributed by atoms with E-state index in [0.717, 1.165) is 15.7 Å². The normalized spacial score (nSPS) is 11.5. The van der Waals surface area contributed by atoms with Crippen molar-refractivity contribution in [3.8, 4) is 0 Å². The number of hydrogen-bond donors (Lipinski definition) is 2. The van der Waals surface area contributed by atoms with Crippen molar-refractivity contribution < 1.29 is 9.60 Å². The van der Waals surface area contributed by atoms with E-state index in [2.05, 4.69) is 21.1 Å². The van der Waals surface area contributed by atoms with Crippen LogP contribution in [-0.2, 0) is 6.54 Å². The van der Waals surface area contributed by atoms with Gasteiger partial charge in [0.05, 0.1) is 0 Å². The Hall–Kier alpha value is -2.08. The third kappa shape index (κ3) is 3.72. The minimum Gasteiger partial charge on any atom is -0.409 e. The highest BCUT2D eigenvalue weighted by Gasteiger charge is 2.07. The van der Waals surface area contributed by atoms with Crippen molar-refractivity contribution >= 4 is 27.5 Å². The molecular weight excluding hydrogens is 337 g/mol. The highest BCUT2D eigenvalue weighted by atomic mass is 79.9. The maximum atomic E-state index is 13.1. The van der Waals surface area contributed by atoms with Gasteiger partial charge in [0.25, 0.3) is 0 Å². The third-order valence-electron chi connectivity index (χ3n) is 3.13. The molecule has 0 radical (unpaired) electrons. The molecule has 0 aromatic heterocycles. The summed E-state index contributed by atoms with van der Waals surface area (Å²) in [7, 11) is 1.94. The van der Waals surface area contributed by atoms with Crippen LogP contribution in [0.3, 0.4) is 0 Å². The van der Waals surface area contributed by atoms with Gasteiger partial charge in [-0.1, -0.05) is 27.2 Å². The smallest absolute Gasteiger partial charge is 0.170 e. The fraction of sp³-hybridized carbons (Fsp3) is 0.133. The van der Waals surface area contributed by atoms with E-state index in [1.807, 2.05) is 24.1 Å². The minimum atomic E-state index is -0.267. The lowest BCUT2D eigenvalue weighted by Gasteiger charge is -2.20. The molecule has 0 aliphatic carbocycles. The van der Waals surface area contributed by atoms with Crippen molar-refractivity contribution in [2.45, 2.75) is 6.54 Å². The number of nitrogens with zero attached hydrogens (tertiary/aromatic N) is 2. The van der Waals surface area contributed by atoms with Gasteiger partial charge in [-0.2, -0.15) is 0 Å². The van der Waals surface area contributed by atoms with Crippen molar-refractivity contribution in [3.63, 3.8) is 0 Å². The van der Waals surface area contributed by atoms with E-state index in [4.69, 9.17) is 10.9 Å². The van der Waals surface area contributed by atoms with Gasteiger partial charge in [-0.15, -0.1) is 0 Å². The van der Waals surface area contributed by atoms with Gasteiger partial charge in [0, 0.05) is 29.3 Å². The zero-order valence-electron chi connectivity index (χ0n) is 11.4. The molecule has 0 heterocycles. The second kappa shape index (κ2) is 6.58. The van der Waals surface area contributed by atoms with Gasteiger partial charge in [-0.3, -0.25) is 0 Å². The molecule has 0 atom stereocenters. The van der Waals surface area contributed by atoms with Crippen LogP contribution in [0.15, 0.2) is 52.1 Å². The summed E-state index contributed by atoms with van der Waals surface area (Å²) < 4.78 is 13.8. The molecule has 0 fully saturated rings. The Morgan fingerprint density at radius 3 is 2.52 bits per heavy atom. The molecule has 0 aliphatic rings. The first-order valence-corrected chi connectivity index (χ1v) is 7.03.